The Kier molecular flexibility index (Phi) is 4.28. The van der Waals surface area contributed by atoms with E-state index >= 15 is 0 Å². The van der Waals surface area contributed by atoms with Crippen LogP contribution in [0.2, 0.25) is 0 Å². The molecule has 0 spiro atoms. The summed E-state index contributed by atoms with van der Waals surface area (Å²) in [6.07, 6.45) is 2.43. The highest BCUT2D eigenvalue weighted by molar-refractivity contribution is 9.10. The molecule has 0 aromatic heterocycles. The molecule has 0 saturated carbocycles. The fourth-order valence-electron chi connectivity index (χ4n) is 2.54. The molecular weight excluding hydrogens is 297 g/mol. The van der Waals surface area contributed by atoms with E-state index in [1.54, 1.807) is 6.07 Å². The van der Waals surface area contributed by atoms with Crippen LogP contribution >= 0.6 is 15.9 Å². The summed E-state index contributed by atoms with van der Waals surface area (Å²) in [7, 11) is 0. The normalized spacial score (nSPS) is 28.2. The molecule has 1 fully saturated rings. The first kappa shape index (κ1) is 13.8. The maximum Gasteiger partial charge on any atom is 0.139 e. The highest BCUT2D eigenvalue weighted by atomic mass is 79.9. The molecular formula is C14H19BrFNO. The summed E-state index contributed by atoms with van der Waals surface area (Å²) >= 11 is 3.20. The van der Waals surface area contributed by atoms with Crippen LogP contribution in [-0.2, 0) is 4.74 Å². The molecule has 100 valence electrons. The second-order valence-corrected chi connectivity index (χ2v) is 6.01. The lowest BCUT2D eigenvalue weighted by molar-refractivity contribution is -0.0337. The van der Waals surface area contributed by atoms with E-state index < -0.39 is 0 Å². The van der Waals surface area contributed by atoms with Crippen LogP contribution in [0.25, 0.3) is 0 Å². The number of aryl methyl sites for hydroxylation is 1. The maximum absolute atomic E-state index is 13.6. The van der Waals surface area contributed by atoms with Crippen LogP contribution in [0.15, 0.2) is 16.6 Å². The van der Waals surface area contributed by atoms with Gasteiger partial charge in [-0.1, -0.05) is 0 Å². The summed E-state index contributed by atoms with van der Waals surface area (Å²) in [5.41, 5.74) is 1.93. The van der Waals surface area contributed by atoms with Crippen LogP contribution in [0.3, 0.4) is 0 Å². The van der Waals surface area contributed by atoms with E-state index in [-0.39, 0.29) is 18.0 Å². The molecule has 2 unspecified atom stereocenters. The van der Waals surface area contributed by atoms with Crippen LogP contribution in [0.1, 0.15) is 32.3 Å². The van der Waals surface area contributed by atoms with Crippen LogP contribution < -0.4 is 5.32 Å². The summed E-state index contributed by atoms with van der Waals surface area (Å²) < 4.78 is 19.8. The number of anilines is 1. The van der Waals surface area contributed by atoms with Crippen molar-refractivity contribution in [3.8, 4) is 0 Å². The smallest absolute Gasteiger partial charge is 0.139 e. The molecule has 4 heteroatoms. The zero-order chi connectivity index (χ0) is 13.3. The SMILES string of the molecule is Cc1cc(Br)c(F)cc1NC1CC(C)OC(C)C1. The van der Waals surface area contributed by atoms with Crippen molar-refractivity contribution in [1.82, 2.24) is 0 Å². The van der Waals surface area contributed by atoms with Gasteiger partial charge in [0.1, 0.15) is 5.82 Å². The second-order valence-electron chi connectivity index (χ2n) is 5.15. The first-order valence-corrected chi connectivity index (χ1v) is 7.12. The van der Waals surface area contributed by atoms with Crippen molar-refractivity contribution in [2.45, 2.75) is 51.9 Å². The van der Waals surface area contributed by atoms with Crippen LogP contribution in [0.4, 0.5) is 10.1 Å². The molecule has 1 aromatic rings. The van der Waals surface area contributed by atoms with E-state index in [2.05, 4.69) is 35.1 Å². The summed E-state index contributed by atoms with van der Waals surface area (Å²) in [4.78, 5) is 0. The van der Waals surface area contributed by atoms with Gasteiger partial charge in [0, 0.05) is 11.7 Å². The molecule has 1 N–H and O–H groups in total. The number of ether oxygens (including phenoxy) is 1. The van der Waals surface area contributed by atoms with Gasteiger partial charge in [-0.05, 0) is 67.2 Å². The molecule has 2 rings (SSSR count). The van der Waals surface area contributed by atoms with E-state index in [1.807, 2.05) is 13.0 Å². The van der Waals surface area contributed by atoms with Crippen molar-refractivity contribution in [2.24, 2.45) is 0 Å². The molecule has 2 atom stereocenters. The van der Waals surface area contributed by atoms with Gasteiger partial charge in [-0.25, -0.2) is 4.39 Å². The standard InChI is InChI=1S/C14H19BrFNO/c1-8-4-12(15)13(16)7-14(8)17-11-5-9(2)18-10(3)6-11/h4,7,9-11,17H,5-6H2,1-3H3. The van der Waals surface area contributed by atoms with Gasteiger partial charge < -0.3 is 10.1 Å². The Bertz CT molecular complexity index is 428. The fraction of sp³-hybridized carbons (Fsp3) is 0.571. The third kappa shape index (κ3) is 3.23. The average molecular weight is 316 g/mol. The highest BCUT2D eigenvalue weighted by Crippen LogP contribution is 2.27. The Morgan fingerprint density at radius 2 is 1.89 bits per heavy atom. The van der Waals surface area contributed by atoms with Crippen LogP contribution in [0.5, 0.6) is 0 Å². The van der Waals surface area contributed by atoms with E-state index in [4.69, 9.17) is 4.74 Å². The molecule has 1 heterocycles. The van der Waals surface area contributed by atoms with Crippen molar-refractivity contribution in [3.63, 3.8) is 0 Å². The number of halogens is 2. The molecule has 18 heavy (non-hydrogen) atoms. The Labute approximate surface area is 116 Å². The minimum Gasteiger partial charge on any atom is -0.382 e. The number of benzene rings is 1. The number of nitrogens with one attached hydrogen (secondary N) is 1. The van der Waals surface area contributed by atoms with Crippen molar-refractivity contribution >= 4 is 21.6 Å². The van der Waals surface area contributed by atoms with Crippen LogP contribution in [0, 0.1) is 12.7 Å². The largest absolute Gasteiger partial charge is 0.382 e. The predicted octanol–water partition coefficient (Wildman–Crippen LogP) is 4.26. The minimum absolute atomic E-state index is 0.226. The molecule has 2 nitrogen and oxygen atoms in total. The first-order chi connectivity index (χ1) is 8.45. The Morgan fingerprint density at radius 3 is 2.50 bits per heavy atom. The Morgan fingerprint density at radius 1 is 1.28 bits per heavy atom. The molecule has 0 amide bonds. The van der Waals surface area contributed by atoms with E-state index in [1.165, 1.54) is 0 Å². The monoisotopic (exact) mass is 315 g/mol. The lowest BCUT2D eigenvalue weighted by Gasteiger charge is -2.33. The Balaban J connectivity index is 2.11. The molecule has 1 aliphatic rings. The molecule has 0 bridgehead atoms. The third-order valence-corrected chi connectivity index (χ3v) is 3.93. The number of hydrogen-bond donors (Lipinski definition) is 1. The van der Waals surface area contributed by atoms with Gasteiger partial charge in [-0.15, -0.1) is 0 Å². The highest BCUT2D eigenvalue weighted by Gasteiger charge is 2.24. The lowest BCUT2D eigenvalue weighted by Crippen LogP contribution is -2.37. The molecule has 1 aliphatic heterocycles. The molecule has 1 saturated heterocycles. The number of rotatable bonds is 2. The van der Waals surface area contributed by atoms with Gasteiger partial charge in [0.15, 0.2) is 0 Å². The predicted molar refractivity (Wildman–Crippen MR) is 75.5 cm³/mol. The van der Waals surface area contributed by atoms with Crippen LogP contribution in [-0.4, -0.2) is 18.2 Å². The zero-order valence-electron chi connectivity index (χ0n) is 11.0. The number of hydrogen-bond acceptors (Lipinski definition) is 2. The molecule has 0 radical (unpaired) electrons. The zero-order valence-corrected chi connectivity index (χ0v) is 12.6. The fourth-order valence-corrected chi connectivity index (χ4v) is 3.00. The van der Waals surface area contributed by atoms with Crippen molar-refractivity contribution in [2.75, 3.05) is 5.32 Å². The van der Waals surface area contributed by atoms with Crippen molar-refractivity contribution in [3.05, 3.63) is 28.0 Å². The van der Waals surface area contributed by atoms with E-state index in [9.17, 15) is 4.39 Å². The quantitative estimate of drug-likeness (QED) is 0.880. The summed E-state index contributed by atoms with van der Waals surface area (Å²) in [5.74, 6) is -0.226. The molecule has 1 aromatic carbocycles. The van der Waals surface area contributed by atoms with Gasteiger partial charge in [-0.2, -0.15) is 0 Å². The van der Waals surface area contributed by atoms with E-state index in [0.717, 1.165) is 24.1 Å². The van der Waals surface area contributed by atoms with Gasteiger partial charge >= 0.3 is 0 Å². The third-order valence-electron chi connectivity index (χ3n) is 3.32. The average Bonchev–Trinajstić information content (AvgIpc) is 2.24. The van der Waals surface area contributed by atoms with Gasteiger partial charge in [0.05, 0.1) is 16.7 Å². The minimum atomic E-state index is -0.226. The molecule has 0 aliphatic carbocycles. The summed E-state index contributed by atoms with van der Waals surface area (Å²) in [5, 5.41) is 3.44. The van der Waals surface area contributed by atoms with Gasteiger partial charge in [0.2, 0.25) is 0 Å². The Hall–Kier alpha value is -0.610. The first-order valence-electron chi connectivity index (χ1n) is 6.33. The summed E-state index contributed by atoms with van der Waals surface area (Å²) in [6, 6.07) is 3.72. The van der Waals surface area contributed by atoms with Crippen molar-refractivity contribution < 1.29 is 9.13 Å². The van der Waals surface area contributed by atoms with Crippen molar-refractivity contribution in [1.29, 1.82) is 0 Å². The van der Waals surface area contributed by atoms with Gasteiger partial charge in [0.25, 0.3) is 0 Å². The van der Waals surface area contributed by atoms with Gasteiger partial charge in [-0.3, -0.25) is 0 Å². The summed E-state index contributed by atoms with van der Waals surface area (Å²) in [6.45, 7) is 6.15. The second kappa shape index (κ2) is 5.57. The maximum atomic E-state index is 13.6. The van der Waals surface area contributed by atoms with E-state index in [0.29, 0.717) is 10.5 Å². The topological polar surface area (TPSA) is 21.3 Å². The lowest BCUT2D eigenvalue weighted by atomic mass is 9.99.